The highest BCUT2D eigenvalue weighted by Gasteiger charge is 2.10. The van der Waals surface area contributed by atoms with Crippen molar-refractivity contribution >= 4 is 27.5 Å². The van der Waals surface area contributed by atoms with Crippen LogP contribution in [0, 0.1) is 0 Å². The van der Waals surface area contributed by atoms with Crippen molar-refractivity contribution in [2.75, 3.05) is 20.3 Å². The van der Waals surface area contributed by atoms with Crippen LogP contribution in [0.2, 0.25) is 0 Å². The number of hydrogen-bond donors (Lipinski definition) is 2. The largest absolute Gasteiger partial charge is 0.497 e. The zero-order valence-electron chi connectivity index (χ0n) is 12.6. The van der Waals surface area contributed by atoms with Crippen LogP contribution in [0.5, 0.6) is 5.75 Å². The van der Waals surface area contributed by atoms with Gasteiger partial charge in [0.05, 0.1) is 23.9 Å². The molecule has 0 atom stereocenters. The van der Waals surface area contributed by atoms with Crippen LogP contribution in [-0.2, 0) is 0 Å². The number of hydrogen-bond acceptors (Lipinski definition) is 5. The Labute approximate surface area is 137 Å². The lowest BCUT2D eigenvalue weighted by Gasteiger charge is -2.02. The average Bonchev–Trinajstić information content (AvgIpc) is 3.02. The number of rotatable bonds is 5. The van der Waals surface area contributed by atoms with Crippen LogP contribution in [0.15, 0.2) is 42.5 Å². The minimum Gasteiger partial charge on any atom is -0.497 e. The summed E-state index contributed by atoms with van der Waals surface area (Å²) in [6.45, 7) is 0.173. The molecule has 0 bridgehead atoms. The molecule has 1 heterocycles. The molecule has 6 heteroatoms. The first-order valence-electron chi connectivity index (χ1n) is 7.15. The van der Waals surface area contributed by atoms with E-state index in [1.165, 1.54) is 11.3 Å². The highest BCUT2D eigenvalue weighted by molar-refractivity contribution is 7.21. The van der Waals surface area contributed by atoms with Crippen LogP contribution in [0.4, 0.5) is 0 Å². The van der Waals surface area contributed by atoms with Gasteiger partial charge in [-0.3, -0.25) is 4.79 Å². The summed E-state index contributed by atoms with van der Waals surface area (Å²) in [5.41, 5.74) is 2.44. The molecule has 0 radical (unpaired) electrons. The van der Waals surface area contributed by atoms with Crippen LogP contribution in [0.3, 0.4) is 0 Å². The van der Waals surface area contributed by atoms with Crippen molar-refractivity contribution in [3.63, 3.8) is 0 Å². The fourth-order valence-electron chi connectivity index (χ4n) is 2.19. The molecular formula is C17H16N2O3S. The second-order valence-corrected chi connectivity index (χ2v) is 5.94. The number of ether oxygens (including phenoxy) is 1. The molecule has 0 spiro atoms. The van der Waals surface area contributed by atoms with E-state index in [0.717, 1.165) is 26.5 Å². The summed E-state index contributed by atoms with van der Waals surface area (Å²) in [5.74, 6) is 0.609. The van der Waals surface area contributed by atoms with Gasteiger partial charge in [0, 0.05) is 17.7 Å². The molecule has 23 heavy (non-hydrogen) atoms. The van der Waals surface area contributed by atoms with Crippen LogP contribution in [0.25, 0.3) is 20.8 Å². The van der Waals surface area contributed by atoms with Crippen molar-refractivity contribution in [1.29, 1.82) is 0 Å². The maximum absolute atomic E-state index is 11.9. The van der Waals surface area contributed by atoms with Gasteiger partial charge < -0.3 is 15.2 Å². The van der Waals surface area contributed by atoms with Gasteiger partial charge in [-0.1, -0.05) is 0 Å². The van der Waals surface area contributed by atoms with Gasteiger partial charge in [0.2, 0.25) is 0 Å². The minimum atomic E-state index is -0.194. The number of methoxy groups -OCH3 is 1. The van der Waals surface area contributed by atoms with Crippen LogP contribution in [-0.4, -0.2) is 36.3 Å². The molecule has 2 N–H and O–H groups in total. The van der Waals surface area contributed by atoms with Gasteiger partial charge in [0.15, 0.2) is 0 Å². The molecule has 5 nitrogen and oxygen atoms in total. The highest BCUT2D eigenvalue weighted by atomic mass is 32.1. The van der Waals surface area contributed by atoms with E-state index in [0.29, 0.717) is 5.56 Å². The fraction of sp³-hybridized carbons (Fsp3) is 0.176. The number of carbonyl (C=O) groups is 1. The van der Waals surface area contributed by atoms with Crippen molar-refractivity contribution in [2.24, 2.45) is 0 Å². The number of amides is 1. The number of aliphatic hydroxyl groups excluding tert-OH is 1. The van der Waals surface area contributed by atoms with E-state index in [1.807, 2.05) is 36.4 Å². The van der Waals surface area contributed by atoms with E-state index in [2.05, 4.69) is 10.3 Å². The summed E-state index contributed by atoms with van der Waals surface area (Å²) >= 11 is 1.54. The summed E-state index contributed by atoms with van der Waals surface area (Å²) in [7, 11) is 1.63. The summed E-state index contributed by atoms with van der Waals surface area (Å²) in [4.78, 5) is 16.5. The van der Waals surface area contributed by atoms with E-state index in [-0.39, 0.29) is 19.1 Å². The first-order valence-corrected chi connectivity index (χ1v) is 7.97. The predicted molar refractivity (Wildman–Crippen MR) is 91.0 cm³/mol. The normalized spacial score (nSPS) is 10.7. The van der Waals surface area contributed by atoms with E-state index in [1.54, 1.807) is 13.2 Å². The molecule has 0 saturated carbocycles. The first-order chi connectivity index (χ1) is 11.2. The molecule has 0 aliphatic heterocycles. The second-order valence-electron chi connectivity index (χ2n) is 4.91. The smallest absolute Gasteiger partial charge is 0.251 e. The summed E-state index contributed by atoms with van der Waals surface area (Å²) in [6.07, 6.45) is 0. The lowest BCUT2D eigenvalue weighted by molar-refractivity contribution is 0.0945. The van der Waals surface area contributed by atoms with Crippen molar-refractivity contribution in [1.82, 2.24) is 10.3 Å². The Balaban J connectivity index is 1.90. The molecule has 118 valence electrons. The van der Waals surface area contributed by atoms with Crippen molar-refractivity contribution in [3.8, 4) is 16.3 Å². The zero-order chi connectivity index (χ0) is 16.2. The summed E-state index contributed by atoms with van der Waals surface area (Å²) < 4.78 is 6.11. The molecule has 0 aliphatic rings. The van der Waals surface area contributed by atoms with Crippen molar-refractivity contribution in [3.05, 3.63) is 48.0 Å². The van der Waals surface area contributed by atoms with Gasteiger partial charge in [-0.15, -0.1) is 11.3 Å². The van der Waals surface area contributed by atoms with Crippen LogP contribution < -0.4 is 10.1 Å². The number of nitrogens with zero attached hydrogens (tertiary/aromatic N) is 1. The molecule has 0 aliphatic carbocycles. The number of carbonyl (C=O) groups excluding carboxylic acids is 1. The first kappa shape index (κ1) is 15.5. The Kier molecular flexibility index (Phi) is 4.55. The molecular weight excluding hydrogens is 312 g/mol. The van der Waals surface area contributed by atoms with Crippen LogP contribution >= 0.6 is 11.3 Å². The Morgan fingerprint density at radius 1 is 1.26 bits per heavy atom. The second kappa shape index (κ2) is 6.76. The third kappa shape index (κ3) is 3.33. The number of benzene rings is 2. The van der Waals surface area contributed by atoms with Crippen molar-refractivity contribution in [2.45, 2.75) is 0 Å². The van der Waals surface area contributed by atoms with Gasteiger partial charge in [-0.05, 0) is 42.5 Å². The zero-order valence-corrected chi connectivity index (χ0v) is 13.4. The number of thiazole rings is 1. The lowest BCUT2D eigenvalue weighted by atomic mass is 10.2. The van der Waals surface area contributed by atoms with E-state index in [4.69, 9.17) is 9.84 Å². The van der Waals surface area contributed by atoms with Gasteiger partial charge in [0.1, 0.15) is 10.8 Å². The number of nitrogens with one attached hydrogen (secondary N) is 1. The fourth-order valence-corrected chi connectivity index (χ4v) is 3.20. The molecule has 2 aromatic carbocycles. The van der Waals surface area contributed by atoms with E-state index in [9.17, 15) is 4.79 Å². The quantitative estimate of drug-likeness (QED) is 0.755. The van der Waals surface area contributed by atoms with E-state index < -0.39 is 0 Å². The summed E-state index contributed by atoms with van der Waals surface area (Å²) in [6, 6.07) is 13.1. The number of fused-ring (bicyclic) bond motifs is 1. The third-order valence-electron chi connectivity index (χ3n) is 3.38. The summed E-state index contributed by atoms with van der Waals surface area (Å²) in [5, 5.41) is 12.3. The maximum atomic E-state index is 11.9. The molecule has 3 aromatic rings. The highest BCUT2D eigenvalue weighted by Crippen LogP contribution is 2.31. The SMILES string of the molecule is COc1ccc(-c2nc3ccc(C(=O)NCCO)cc3s2)cc1. The maximum Gasteiger partial charge on any atom is 0.251 e. The number of aliphatic hydroxyl groups is 1. The molecule has 0 unspecified atom stereocenters. The Bertz CT molecular complexity index is 827. The molecule has 0 saturated heterocycles. The lowest BCUT2D eigenvalue weighted by Crippen LogP contribution is -2.26. The Hall–Kier alpha value is -2.44. The predicted octanol–water partition coefficient (Wildman–Crippen LogP) is 2.69. The van der Waals surface area contributed by atoms with Gasteiger partial charge in [-0.25, -0.2) is 4.98 Å². The molecule has 1 aromatic heterocycles. The van der Waals surface area contributed by atoms with Gasteiger partial charge in [0.25, 0.3) is 5.91 Å². The van der Waals surface area contributed by atoms with Crippen molar-refractivity contribution < 1.29 is 14.6 Å². The Morgan fingerprint density at radius 2 is 2.04 bits per heavy atom. The molecule has 0 fully saturated rings. The monoisotopic (exact) mass is 328 g/mol. The minimum absolute atomic E-state index is 0.0733. The van der Waals surface area contributed by atoms with E-state index >= 15 is 0 Å². The average molecular weight is 328 g/mol. The van der Waals surface area contributed by atoms with Crippen LogP contribution in [0.1, 0.15) is 10.4 Å². The molecule has 1 amide bonds. The van der Waals surface area contributed by atoms with Gasteiger partial charge in [-0.2, -0.15) is 0 Å². The standard InChI is InChI=1S/C17H16N2O3S/c1-22-13-5-2-11(3-6-13)17-19-14-7-4-12(10-15(14)23-17)16(21)18-8-9-20/h2-7,10,20H,8-9H2,1H3,(H,18,21). The topological polar surface area (TPSA) is 71.5 Å². The number of aromatic nitrogens is 1. The molecule has 3 rings (SSSR count). The van der Waals surface area contributed by atoms with Gasteiger partial charge >= 0.3 is 0 Å². The third-order valence-corrected chi connectivity index (χ3v) is 4.45. The Morgan fingerprint density at radius 3 is 2.74 bits per heavy atom.